The van der Waals surface area contributed by atoms with E-state index >= 15 is 0 Å². The second-order valence-electron chi connectivity index (χ2n) is 3.37. The summed E-state index contributed by atoms with van der Waals surface area (Å²) < 4.78 is 0. The molecule has 5 nitrogen and oxygen atoms in total. The van der Waals surface area contributed by atoms with E-state index in [-0.39, 0.29) is 5.91 Å². The first-order valence-corrected chi connectivity index (χ1v) is 5.71. The number of nitrogen functional groups attached to an aromatic ring is 1. The van der Waals surface area contributed by atoms with Gasteiger partial charge < -0.3 is 10.6 Å². The summed E-state index contributed by atoms with van der Waals surface area (Å²) in [6, 6.07) is 0. The van der Waals surface area contributed by atoms with Crippen LogP contribution in [0.25, 0.3) is 10.3 Å². The van der Waals surface area contributed by atoms with Gasteiger partial charge in [-0.25, -0.2) is 9.97 Å². The zero-order chi connectivity index (χ0) is 11.7. The molecular formula is C10H12N4OS. The third kappa shape index (κ3) is 1.61. The predicted octanol–water partition coefficient (Wildman–Crippen LogP) is 1.37. The van der Waals surface area contributed by atoms with Crippen LogP contribution in [0.2, 0.25) is 0 Å². The Labute approximate surface area is 96.9 Å². The van der Waals surface area contributed by atoms with Crippen molar-refractivity contribution >= 4 is 33.3 Å². The number of anilines is 1. The lowest BCUT2D eigenvalue weighted by Crippen LogP contribution is -2.26. The van der Waals surface area contributed by atoms with Crippen molar-refractivity contribution in [3.8, 4) is 0 Å². The first kappa shape index (κ1) is 10.8. The molecule has 2 heterocycles. The van der Waals surface area contributed by atoms with Crippen LogP contribution in [-0.4, -0.2) is 34.4 Å². The number of aromatic nitrogens is 2. The Morgan fingerprint density at radius 2 is 2.19 bits per heavy atom. The van der Waals surface area contributed by atoms with Gasteiger partial charge in [-0.3, -0.25) is 4.79 Å². The largest absolute Gasteiger partial charge is 0.396 e. The smallest absolute Gasteiger partial charge is 0.265 e. The molecule has 1 amide bonds. The highest BCUT2D eigenvalue weighted by molar-refractivity contribution is 7.21. The molecule has 0 aliphatic carbocycles. The van der Waals surface area contributed by atoms with Crippen molar-refractivity contribution in [3.05, 3.63) is 17.3 Å². The van der Waals surface area contributed by atoms with Gasteiger partial charge in [0.25, 0.3) is 5.91 Å². The highest BCUT2D eigenvalue weighted by Crippen LogP contribution is 2.30. The van der Waals surface area contributed by atoms with Gasteiger partial charge in [0.05, 0.1) is 5.69 Å². The molecule has 2 aromatic heterocycles. The van der Waals surface area contributed by atoms with E-state index in [0.717, 1.165) is 0 Å². The Morgan fingerprint density at radius 3 is 2.81 bits per heavy atom. The Balaban J connectivity index is 2.53. The highest BCUT2D eigenvalue weighted by atomic mass is 32.1. The Hall–Kier alpha value is -1.69. The fourth-order valence-electron chi connectivity index (χ4n) is 1.32. The van der Waals surface area contributed by atoms with E-state index in [0.29, 0.717) is 27.5 Å². The molecule has 0 aliphatic rings. The molecule has 2 N–H and O–H groups in total. The Bertz CT molecular complexity index is 537. The van der Waals surface area contributed by atoms with Gasteiger partial charge in [-0.2, -0.15) is 0 Å². The quantitative estimate of drug-likeness (QED) is 0.854. The molecule has 0 aromatic carbocycles. The second-order valence-corrected chi connectivity index (χ2v) is 4.37. The van der Waals surface area contributed by atoms with Crippen LogP contribution in [-0.2, 0) is 0 Å². The standard InChI is InChI=1S/C10H12N4OS/c1-3-14(2)10(15)8-6(11)7-9(16-8)13-5-4-12-7/h4-5H,3,11H2,1-2H3. The summed E-state index contributed by atoms with van der Waals surface area (Å²) in [5.41, 5.74) is 6.93. The molecule has 84 valence electrons. The van der Waals surface area contributed by atoms with Crippen LogP contribution in [0.15, 0.2) is 12.4 Å². The van der Waals surface area contributed by atoms with Gasteiger partial charge in [0.15, 0.2) is 0 Å². The van der Waals surface area contributed by atoms with Gasteiger partial charge in [0, 0.05) is 26.0 Å². The Morgan fingerprint density at radius 1 is 1.50 bits per heavy atom. The molecule has 6 heteroatoms. The SMILES string of the molecule is CCN(C)C(=O)c1sc2nccnc2c1N. The molecule has 2 aromatic rings. The van der Waals surface area contributed by atoms with Crippen LogP contribution in [0.5, 0.6) is 0 Å². The molecule has 0 fully saturated rings. The Kier molecular flexibility index (Phi) is 2.74. The molecule has 0 spiro atoms. The van der Waals surface area contributed by atoms with E-state index in [4.69, 9.17) is 5.73 Å². The second kappa shape index (κ2) is 4.05. The van der Waals surface area contributed by atoms with Crippen molar-refractivity contribution in [2.45, 2.75) is 6.92 Å². The maximum absolute atomic E-state index is 12.0. The van der Waals surface area contributed by atoms with Gasteiger partial charge >= 0.3 is 0 Å². The lowest BCUT2D eigenvalue weighted by Gasteiger charge is -2.12. The monoisotopic (exact) mass is 236 g/mol. The van der Waals surface area contributed by atoms with E-state index < -0.39 is 0 Å². The summed E-state index contributed by atoms with van der Waals surface area (Å²) in [5, 5.41) is 0. The summed E-state index contributed by atoms with van der Waals surface area (Å²) in [7, 11) is 1.74. The fourth-order valence-corrected chi connectivity index (χ4v) is 2.34. The maximum atomic E-state index is 12.0. The van der Waals surface area contributed by atoms with E-state index in [9.17, 15) is 4.79 Å². The van der Waals surface area contributed by atoms with Crippen LogP contribution < -0.4 is 5.73 Å². The number of nitrogens with zero attached hydrogens (tertiary/aromatic N) is 3. The van der Waals surface area contributed by atoms with Crippen LogP contribution in [0.1, 0.15) is 16.6 Å². The predicted molar refractivity (Wildman–Crippen MR) is 64.5 cm³/mol. The molecular weight excluding hydrogens is 224 g/mol. The molecule has 0 aliphatic heterocycles. The molecule has 2 rings (SSSR count). The maximum Gasteiger partial charge on any atom is 0.265 e. The van der Waals surface area contributed by atoms with Crippen molar-refractivity contribution in [2.24, 2.45) is 0 Å². The number of carbonyl (C=O) groups excluding carboxylic acids is 1. The minimum absolute atomic E-state index is 0.0789. The fraction of sp³-hybridized carbons (Fsp3) is 0.300. The lowest BCUT2D eigenvalue weighted by atomic mass is 10.3. The first-order chi connectivity index (χ1) is 7.65. The van der Waals surface area contributed by atoms with Gasteiger partial charge in [-0.15, -0.1) is 11.3 Å². The number of nitrogens with two attached hydrogens (primary N) is 1. The van der Waals surface area contributed by atoms with Crippen molar-refractivity contribution in [2.75, 3.05) is 19.3 Å². The number of amides is 1. The number of rotatable bonds is 2. The average molecular weight is 236 g/mol. The lowest BCUT2D eigenvalue weighted by molar-refractivity contribution is 0.0808. The molecule has 0 bridgehead atoms. The third-order valence-corrected chi connectivity index (χ3v) is 3.47. The van der Waals surface area contributed by atoms with Gasteiger partial charge in [0.2, 0.25) is 0 Å². The van der Waals surface area contributed by atoms with Gasteiger partial charge in [-0.1, -0.05) is 0 Å². The average Bonchev–Trinajstić information content (AvgIpc) is 2.65. The van der Waals surface area contributed by atoms with E-state index in [2.05, 4.69) is 9.97 Å². The molecule has 0 saturated carbocycles. The normalized spacial score (nSPS) is 10.6. The molecule has 0 atom stereocenters. The minimum Gasteiger partial charge on any atom is -0.396 e. The van der Waals surface area contributed by atoms with Crippen LogP contribution in [0.4, 0.5) is 5.69 Å². The number of carbonyl (C=O) groups is 1. The van der Waals surface area contributed by atoms with Crippen molar-refractivity contribution in [3.63, 3.8) is 0 Å². The summed E-state index contributed by atoms with van der Waals surface area (Å²) in [6.45, 7) is 2.56. The van der Waals surface area contributed by atoms with Gasteiger partial charge in [0.1, 0.15) is 15.2 Å². The van der Waals surface area contributed by atoms with Crippen molar-refractivity contribution in [1.82, 2.24) is 14.9 Å². The first-order valence-electron chi connectivity index (χ1n) is 4.89. The van der Waals surface area contributed by atoms with Crippen molar-refractivity contribution in [1.29, 1.82) is 0 Å². The molecule has 0 radical (unpaired) electrons. The summed E-state index contributed by atoms with van der Waals surface area (Å²) in [6.07, 6.45) is 3.17. The van der Waals surface area contributed by atoms with Crippen LogP contribution in [0.3, 0.4) is 0 Å². The third-order valence-electron chi connectivity index (χ3n) is 2.38. The summed E-state index contributed by atoms with van der Waals surface area (Å²) in [4.78, 5) is 23.1. The number of hydrogen-bond donors (Lipinski definition) is 1. The van der Waals surface area contributed by atoms with Crippen molar-refractivity contribution < 1.29 is 4.79 Å². The molecule has 0 saturated heterocycles. The van der Waals surface area contributed by atoms with Crippen LogP contribution in [0, 0.1) is 0 Å². The summed E-state index contributed by atoms with van der Waals surface area (Å²) >= 11 is 1.29. The highest BCUT2D eigenvalue weighted by Gasteiger charge is 2.19. The molecule has 0 unspecified atom stereocenters. The van der Waals surface area contributed by atoms with E-state index in [1.54, 1.807) is 24.3 Å². The zero-order valence-corrected chi connectivity index (χ0v) is 9.91. The van der Waals surface area contributed by atoms with Crippen LogP contribution >= 0.6 is 11.3 Å². The van der Waals surface area contributed by atoms with E-state index in [1.165, 1.54) is 11.3 Å². The van der Waals surface area contributed by atoms with Gasteiger partial charge in [-0.05, 0) is 6.92 Å². The number of hydrogen-bond acceptors (Lipinski definition) is 5. The number of fused-ring (bicyclic) bond motifs is 1. The zero-order valence-electron chi connectivity index (χ0n) is 9.10. The molecule has 16 heavy (non-hydrogen) atoms. The topological polar surface area (TPSA) is 72.1 Å². The minimum atomic E-state index is -0.0789. The summed E-state index contributed by atoms with van der Waals surface area (Å²) in [5.74, 6) is -0.0789. The number of thiophene rings is 1. The van der Waals surface area contributed by atoms with E-state index in [1.807, 2.05) is 6.92 Å².